The van der Waals surface area contributed by atoms with Crippen molar-refractivity contribution >= 4 is 10.8 Å². The van der Waals surface area contributed by atoms with Gasteiger partial charge in [0.05, 0.1) is 33.4 Å². The Balaban J connectivity index is 0.00000144. The van der Waals surface area contributed by atoms with E-state index in [-0.39, 0.29) is 12.4 Å². The molecule has 2 aliphatic rings. The van der Waals surface area contributed by atoms with Gasteiger partial charge in [-0.2, -0.15) is 0 Å². The molecule has 0 aliphatic carbocycles. The van der Waals surface area contributed by atoms with Crippen LogP contribution in [0.3, 0.4) is 0 Å². The third-order valence-corrected chi connectivity index (χ3v) is 5.31. The van der Waals surface area contributed by atoms with Crippen LogP contribution in [0.2, 0.25) is 0 Å². The van der Waals surface area contributed by atoms with Gasteiger partial charge in [-0.1, -0.05) is 24.3 Å². The molecule has 0 radical (unpaired) electrons. The minimum Gasteiger partial charge on any atom is -1.00 e. The van der Waals surface area contributed by atoms with Crippen LogP contribution in [0.5, 0.6) is 0 Å². The van der Waals surface area contributed by atoms with E-state index in [0.717, 1.165) is 19.8 Å². The van der Waals surface area contributed by atoms with Crippen LogP contribution in [0.1, 0.15) is 36.0 Å². The van der Waals surface area contributed by atoms with E-state index in [0.29, 0.717) is 0 Å². The lowest BCUT2D eigenvalue weighted by Crippen LogP contribution is -3.00. The highest BCUT2D eigenvalue weighted by Gasteiger charge is 2.28. The van der Waals surface area contributed by atoms with Crippen LogP contribution in [0, 0.1) is 0 Å². The number of ether oxygens (including phenoxy) is 1. The lowest BCUT2D eigenvalue weighted by molar-refractivity contribution is -0.926. The summed E-state index contributed by atoms with van der Waals surface area (Å²) in [7, 11) is 2.43. The summed E-state index contributed by atoms with van der Waals surface area (Å²) in [6, 6.07) is 11.2. The van der Waals surface area contributed by atoms with E-state index in [1.807, 2.05) is 0 Å². The Morgan fingerprint density at radius 2 is 1.73 bits per heavy atom. The van der Waals surface area contributed by atoms with Crippen molar-refractivity contribution in [2.75, 3.05) is 20.1 Å². The Labute approximate surface area is 139 Å². The van der Waals surface area contributed by atoms with E-state index in [1.165, 1.54) is 64.3 Å². The molecule has 0 aromatic heterocycles. The van der Waals surface area contributed by atoms with E-state index < -0.39 is 0 Å². The third-order valence-electron chi connectivity index (χ3n) is 5.31. The van der Waals surface area contributed by atoms with Gasteiger partial charge in [-0.05, 0) is 47.2 Å². The summed E-state index contributed by atoms with van der Waals surface area (Å²) in [4.78, 5) is 0. The number of quaternary nitrogens is 1. The monoisotopic (exact) mass is 317 g/mol. The summed E-state index contributed by atoms with van der Waals surface area (Å²) in [5.41, 5.74) is 4.43. The first-order valence-corrected chi connectivity index (χ1v) is 8.19. The molecule has 1 fully saturated rings. The second-order valence-electron chi connectivity index (χ2n) is 6.99. The molecule has 0 atom stereocenters. The molecule has 0 unspecified atom stereocenters. The second kappa shape index (κ2) is 6.19. The van der Waals surface area contributed by atoms with Crippen molar-refractivity contribution in [2.45, 2.75) is 39.0 Å². The zero-order valence-corrected chi connectivity index (χ0v) is 14.0. The van der Waals surface area contributed by atoms with Gasteiger partial charge >= 0.3 is 0 Å². The SMILES string of the molecule is C[N+]1(Cc2cc3ccccc3c3c2COC3)CCCCC1.[Cl-]. The molecule has 2 nitrogen and oxygen atoms in total. The van der Waals surface area contributed by atoms with Crippen LogP contribution in [0.4, 0.5) is 0 Å². The Hall–Kier alpha value is -1.09. The van der Waals surface area contributed by atoms with E-state index >= 15 is 0 Å². The molecule has 2 aliphatic heterocycles. The first kappa shape index (κ1) is 15.8. The van der Waals surface area contributed by atoms with Crippen LogP contribution < -0.4 is 12.4 Å². The van der Waals surface area contributed by atoms with Crippen molar-refractivity contribution < 1.29 is 21.6 Å². The van der Waals surface area contributed by atoms with E-state index in [4.69, 9.17) is 4.74 Å². The average Bonchev–Trinajstić information content (AvgIpc) is 2.98. The highest BCUT2D eigenvalue weighted by atomic mass is 35.5. The minimum atomic E-state index is 0. The normalized spacial score (nSPS) is 19.7. The molecule has 4 rings (SSSR count). The van der Waals surface area contributed by atoms with Gasteiger partial charge in [0.1, 0.15) is 6.54 Å². The molecule has 3 heteroatoms. The summed E-state index contributed by atoms with van der Waals surface area (Å²) in [6.07, 6.45) is 4.17. The van der Waals surface area contributed by atoms with E-state index in [9.17, 15) is 0 Å². The summed E-state index contributed by atoms with van der Waals surface area (Å²) in [5.74, 6) is 0. The summed E-state index contributed by atoms with van der Waals surface area (Å²) < 4.78 is 6.98. The maximum absolute atomic E-state index is 5.78. The van der Waals surface area contributed by atoms with Crippen LogP contribution in [0.25, 0.3) is 10.8 Å². The van der Waals surface area contributed by atoms with Crippen molar-refractivity contribution in [1.82, 2.24) is 0 Å². The number of fused-ring (bicyclic) bond motifs is 3. The van der Waals surface area contributed by atoms with Crippen molar-refractivity contribution in [2.24, 2.45) is 0 Å². The number of nitrogens with zero attached hydrogens (tertiary/aromatic N) is 1. The van der Waals surface area contributed by atoms with E-state index in [2.05, 4.69) is 37.4 Å². The summed E-state index contributed by atoms with van der Waals surface area (Å²) in [5, 5.41) is 2.76. The number of benzene rings is 2. The molecule has 2 heterocycles. The predicted octanol–water partition coefficient (Wildman–Crippen LogP) is 1.00. The van der Waals surface area contributed by atoms with Crippen molar-refractivity contribution in [3.05, 3.63) is 47.0 Å². The first-order valence-electron chi connectivity index (χ1n) is 8.19. The Kier molecular flexibility index (Phi) is 4.44. The topological polar surface area (TPSA) is 9.23 Å². The highest BCUT2D eigenvalue weighted by molar-refractivity contribution is 5.88. The summed E-state index contributed by atoms with van der Waals surface area (Å²) in [6.45, 7) is 5.39. The van der Waals surface area contributed by atoms with Gasteiger partial charge in [-0.3, -0.25) is 0 Å². The van der Waals surface area contributed by atoms with Gasteiger partial charge in [-0.15, -0.1) is 0 Å². The fourth-order valence-corrected chi connectivity index (χ4v) is 4.11. The van der Waals surface area contributed by atoms with Crippen molar-refractivity contribution in [1.29, 1.82) is 0 Å². The van der Waals surface area contributed by atoms with Crippen LogP contribution in [0.15, 0.2) is 30.3 Å². The molecule has 1 saturated heterocycles. The fourth-order valence-electron chi connectivity index (χ4n) is 4.11. The smallest absolute Gasteiger partial charge is 0.105 e. The number of halogens is 1. The van der Waals surface area contributed by atoms with Gasteiger partial charge in [0.25, 0.3) is 0 Å². The number of piperidine rings is 1. The molecule has 22 heavy (non-hydrogen) atoms. The maximum atomic E-state index is 5.78. The molecule has 2 aromatic carbocycles. The standard InChI is InChI=1S/C19H24NO.ClH/c1-20(9-5-2-6-10-20)12-16-11-15-7-3-4-8-17(15)19-14-21-13-18(16)19;/h3-4,7-8,11H,2,5-6,9-10,12-14H2,1H3;1H/q+1;/p-1. The predicted molar refractivity (Wildman–Crippen MR) is 85.9 cm³/mol. The molecule has 0 saturated carbocycles. The average molecular weight is 318 g/mol. The summed E-state index contributed by atoms with van der Waals surface area (Å²) >= 11 is 0. The lowest BCUT2D eigenvalue weighted by Gasteiger charge is -2.38. The van der Waals surface area contributed by atoms with Crippen LogP contribution in [-0.2, 0) is 24.5 Å². The largest absolute Gasteiger partial charge is 1.00 e. The lowest BCUT2D eigenvalue weighted by atomic mass is 9.94. The maximum Gasteiger partial charge on any atom is 0.105 e. The number of hydrogen-bond donors (Lipinski definition) is 0. The molecular formula is C19H24ClNO. The Bertz CT molecular complexity index is 676. The molecule has 0 spiro atoms. The molecule has 0 N–H and O–H groups in total. The zero-order chi connectivity index (χ0) is 14.3. The zero-order valence-electron chi connectivity index (χ0n) is 13.3. The van der Waals surface area contributed by atoms with Gasteiger partial charge in [0.2, 0.25) is 0 Å². The fraction of sp³-hybridized carbons (Fsp3) is 0.474. The second-order valence-corrected chi connectivity index (χ2v) is 6.99. The Morgan fingerprint density at radius 3 is 2.55 bits per heavy atom. The first-order chi connectivity index (χ1) is 10.3. The molecule has 118 valence electrons. The van der Waals surface area contributed by atoms with E-state index in [1.54, 1.807) is 0 Å². The third kappa shape index (κ3) is 2.76. The molecule has 0 amide bonds. The number of likely N-dealkylation sites (tertiary alicyclic amines) is 1. The van der Waals surface area contributed by atoms with Gasteiger partial charge < -0.3 is 21.6 Å². The van der Waals surface area contributed by atoms with Gasteiger partial charge in [0, 0.05) is 5.56 Å². The number of hydrogen-bond acceptors (Lipinski definition) is 1. The molecule has 0 bridgehead atoms. The van der Waals surface area contributed by atoms with Gasteiger partial charge in [0.15, 0.2) is 0 Å². The van der Waals surface area contributed by atoms with Gasteiger partial charge in [-0.25, -0.2) is 0 Å². The van der Waals surface area contributed by atoms with Crippen molar-refractivity contribution in [3.8, 4) is 0 Å². The van der Waals surface area contributed by atoms with Crippen LogP contribution >= 0.6 is 0 Å². The van der Waals surface area contributed by atoms with Crippen molar-refractivity contribution in [3.63, 3.8) is 0 Å². The minimum absolute atomic E-state index is 0. The Morgan fingerprint density at radius 1 is 1.00 bits per heavy atom. The van der Waals surface area contributed by atoms with Crippen LogP contribution in [-0.4, -0.2) is 24.6 Å². The number of rotatable bonds is 2. The molecular weight excluding hydrogens is 294 g/mol. The highest BCUT2D eigenvalue weighted by Crippen LogP contribution is 2.33. The molecule has 2 aromatic rings. The quantitative estimate of drug-likeness (QED) is 0.751.